The van der Waals surface area contributed by atoms with Crippen LogP contribution in [-0.4, -0.2) is 29.5 Å². The third-order valence-electron chi connectivity index (χ3n) is 3.88. The zero-order valence-corrected chi connectivity index (χ0v) is 13.8. The van der Waals surface area contributed by atoms with Crippen LogP contribution in [-0.2, 0) is 13.0 Å². The number of piperazine rings is 1. The minimum atomic E-state index is 0.367. The van der Waals surface area contributed by atoms with E-state index in [0.29, 0.717) is 6.04 Å². The van der Waals surface area contributed by atoms with Crippen LogP contribution in [0.15, 0.2) is 30.5 Å². The van der Waals surface area contributed by atoms with Crippen LogP contribution in [0.1, 0.15) is 28.4 Å². The molecule has 1 aliphatic rings. The van der Waals surface area contributed by atoms with Crippen molar-refractivity contribution in [3.63, 3.8) is 0 Å². The number of rotatable bonds is 4. The van der Waals surface area contributed by atoms with Gasteiger partial charge in [-0.2, -0.15) is 0 Å². The zero-order chi connectivity index (χ0) is 14.7. The maximum Gasteiger partial charge on any atom is 0.107 e. The highest BCUT2D eigenvalue weighted by Gasteiger charge is 2.24. The van der Waals surface area contributed by atoms with Crippen LogP contribution in [0.25, 0.3) is 0 Å². The molecule has 1 aromatic carbocycles. The molecule has 2 aromatic rings. The summed E-state index contributed by atoms with van der Waals surface area (Å²) in [6.45, 7) is 6.13. The molecule has 0 radical (unpaired) electrons. The van der Waals surface area contributed by atoms with Gasteiger partial charge in [-0.15, -0.1) is 11.3 Å². The largest absolute Gasteiger partial charge is 0.314 e. The molecular formula is C16H20ClN3S. The standard InChI is InChI=1S/C16H20ClN3S/c1-2-14-9-19-16(21-14)11-20-7-6-18-10-15(20)12-4-3-5-13(17)8-12/h3-5,8-9,15,18H,2,6-7,10-11H2,1H3. The van der Waals surface area contributed by atoms with Crippen molar-refractivity contribution in [2.45, 2.75) is 25.9 Å². The summed E-state index contributed by atoms with van der Waals surface area (Å²) < 4.78 is 0. The SMILES string of the molecule is CCc1cnc(CN2CCNCC2c2cccc(Cl)c2)s1. The predicted molar refractivity (Wildman–Crippen MR) is 89.0 cm³/mol. The number of nitrogens with one attached hydrogen (secondary N) is 1. The molecule has 1 aromatic heterocycles. The molecule has 3 nitrogen and oxygen atoms in total. The van der Waals surface area contributed by atoms with Gasteiger partial charge in [0, 0.05) is 41.8 Å². The zero-order valence-electron chi connectivity index (χ0n) is 12.2. The monoisotopic (exact) mass is 321 g/mol. The first kappa shape index (κ1) is 15.0. The van der Waals surface area contributed by atoms with E-state index in [4.69, 9.17) is 11.6 Å². The fourth-order valence-electron chi connectivity index (χ4n) is 2.74. The first-order valence-electron chi connectivity index (χ1n) is 7.40. The Hall–Kier alpha value is -0.940. The molecule has 0 saturated carbocycles. The van der Waals surface area contributed by atoms with Crippen molar-refractivity contribution in [1.29, 1.82) is 0 Å². The molecule has 1 unspecified atom stereocenters. The topological polar surface area (TPSA) is 28.2 Å². The van der Waals surface area contributed by atoms with Gasteiger partial charge in [-0.1, -0.05) is 30.7 Å². The first-order valence-corrected chi connectivity index (χ1v) is 8.59. The predicted octanol–water partition coefficient (Wildman–Crippen LogP) is 3.51. The van der Waals surface area contributed by atoms with E-state index in [0.717, 1.165) is 37.6 Å². The molecule has 0 aliphatic carbocycles. The number of thiazole rings is 1. The van der Waals surface area contributed by atoms with E-state index in [2.05, 4.69) is 34.3 Å². The Labute approximate surface area is 135 Å². The van der Waals surface area contributed by atoms with Crippen molar-refractivity contribution in [3.8, 4) is 0 Å². The highest BCUT2D eigenvalue weighted by Crippen LogP contribution is 2.27. The van der Waals surface area contributed by atoms with E-state index >= 15 is 0 Å². The van der Waals surface area contributed by atoms with Gasteiger partial charge in [0.05, 0.1) is 6.54 Å². The van der Waals surface area contributed by atoms with Crippen molar-refractivity contribution >= 4 is 22.9 Å². The van der Waals surface area contributed by atoms with E-state index in [1.807, 2.05) is 29.7 Å². The maximum absolute atomic E-state index is 6.14. The summed E-state index contributed by atoms with van der Waals surface area (Å²) in [5.74, 6) is 0. The number of halogens is 1. The summed E-state index contributed by atoms with van der Waals surface area (Å²) in [7, 11) is 0. The van der Waals surface area contributed by atoms with Crippen molar-refractivity contribution in [2.75, 3.05) is 19.6 Å². The van der Waals surface area contributed by atoms with Crippen LogP contribution >= 0.6 is 22.9 Å². The average molecular weight is 322 g/mol. The van der Waals surface area contributed by atoms with Crippen molar-refractivity contribution in [2.24, 2.45) is 0 Å². The van der Waals surface area contributed by atoms with Gasteiger partial charge in [0.2, 0.25) is 0 Å². The van der Waals surface area contributed by atoms with Gasteiger partial charge in [-0.05, 0) is 24.1 Å². The Kier molecular flexibility index (Phi) is 4.91. The minimum absolute atomic E-state index is 0.367. The molecular weight excluding hydrogens is 302 g/mol. The molecule has 2 heterocycles. The number of hydrogen-bond donors (Lipinski definition) is 1. The fraction of sp³-hybridized carbons (Fsp3) is 0.438. The Morgan fingerprint density at radius 2 is 2.38 bits per heavy atom. The quantitative estimate of drug-likeness (QED) is 0.934. The van der Waals surface area contributed by atoms with E-state index < -0.39 is 0 Å². The normalized spacial score (nSPS) is 19.8. The van der Waals surface area contributed by atoms with Crippen LogP contribution in [0.4, 0.5) is 0 Å². The maximum atomic E-state index is 6.14. The molecule has 1 atom stereocenters. The third-order valence-corrected chi connectivity index (χ3v) is 5.24. The smallest absolute Gasteiger partial charge is 0.107 e. The Bertz CT molecular complexity index is 599. The Morgan fingerprint density at radius 1 is 1.48 bits per heavy atom. The van der Waals surface area contributed by atoms with Gasteiger partial charge in [0.1, 0.15) is 5.01 Å². The van der Waals surface area contributed by atoms with Crippen molar-refractivity contribution < 1.29 is 0 Å². The minimum Gasteiger partial charge on any atom is -0.314 e. The molecule has 0 bridgehead atoms. The van der Waals surface area contributed by atoms with Crippen LogP contribution in [0, 0.1) is 0 Å². The van der Waals surface area contributed by atoms with E-state index in [1.165, 1.54) is 15.4 Å². The number of hydrogen-bond acceptors (Lipinski definition) is 4. The van der Waals surface area contributed by atoms with Crippen LogP contribution in [0.3, 0.4) is 0 Å². The Balaban J connectivity index is 1.78. The van der Waals surface area contributed by atoms with Gasteiger partial charge in [0.25, 0.3) is 0 Å². The summed E-state index contributed by atoms with van der Waals surface area (Å²) in [5, 5.41) is 5.50. The molecule has 21 heavy (non-hydrogen) atoms. The number of nitrogens with zero attached hydrogens (tertiary/aromatic N) is 2. The summed E-state index contributed by atoms with van der Waals surface area (Å²) >= 11 is 7.97. The van der Waals surface area contributed by atoms with Crippen LogP contribution in [0.2, 0.25) is 5.02 Å². The molecule has 1 aliphatic heterocycles. The second kappa shape index (κ2) is 6.88. The van der Waals surface area contributed by atoms with E-state index in [1.54, 1.807) is 0 Å². The lowest BCUT2D eigenvalue weighted by Crippen LogP contribution is -2.45. The molecule has 1 fully saturated rings. The van der Waals surface area contributed by atoms with Gasteiger partial charge in [-0.25, -0.2) is 4.98 Å². The second-order valence-electron chi connectivity index (χ2n) is 5.32. The lowest BCUT2D eigenvalue weighted by Gasteiger charge is -2.36. The molecule has 0 spiro atoms. The molecule has 1 saturated heterocycles. The van der Waals surface area contributed by atoms with E-state index in [-0.39, 0.29) is 0 Å². The van der Waals surface area contributed by atoms with Gasteiger partial charge < -0.3 is 5.32 Å². The highest BCUT2D eigenvalue weighted by molar-refractivity contribution is 7.11. The molecule has 0 amide bonds. The number of aromatic nitrogens is 1. The molecule has 3 rings (SSSR count). The first-order chi connectivity index (χ1) is 10.3. The molecule has 1 N–H and O–H groups in total. The van der Waals surface area contributed by atoms with Gasteiger partial charge in [-0.3, -0.25) is 4.90 Å². The highest BCUT2D eigenvalue weighted by atomic mass is 35.5. The molecule has 112 valence electrons. The van der Waals surface area contributed by atoms with Gasteiger partial charge in [0.15, 0.2) is 0 Å². The summed E-state index contributed by atoms with van der Waals surface area (Å²) in [5.41, 5.74) is 1.28. The third kappa shape index (κ3) is 3.64. The van der Waals surface area contributed by atoms with Crippen LogP contribution in [0.5, 0.6) is 0 Å². The molecule has 5 heteroatoms. The summed E-state index contributed by atoms with van der Waals surface area (Å²) in [6, 6.07) is 8.57. The van der Waals surface area contributed by atoms with E-state index in [9.17, 15) is 0 Å². The van der Waals surface area contributed by atoms with Crippen molar-refractivity contribution in [3.05, 3.63) is 50.9 Å². The number of aryl methyl sites for hydroxylation is 1. The second-order valence-corrected chi connectivity index (χ2v) is 6.96. The lowest BCUT2D eigenvalue weighted by molar-refractivity contribution is 0.153. The Morgan fingerprint density at radius 3 is 3.14 bits per heavy atom. The van der Waals surface area contributed by atoms with Gasteiger partial charge >= 0.3 is 0 Å². The summed E-state index contributed by atoms with van der Waals surface area (Å²) in [6.07, 6.45) is 3.08. The van der Waals surface area contributed by atoms with Crippen molar-refractivity contribution in [1.82, 2.24) is 15.2 Å². The van der Waals surface area contributed by atoms with Crippen LogP contribution < -0.4 is 5.32 Å². The fourth-order valence-corrected chi connectivity index (χ4v) is 3.82. The summed E-state index contributed by atoms with van der Waals surface area (Å²) in [4.78, 5) is 8.42. The lowest BCUT2D eigenvalue weighted by atomic mass is 10.0. The number of benzene rings is 1. The average Bonchev–Trinajstić information content (AvgIpc) is 2.95.